The number of carbonyl (C=O) groups excluding carboxylic acids is 2. The number of nitrogens with zero attached hydrogens (tertiary/aromatic N) is 3. The minimum Gasteiger partial charge on any atom is -0.450 e. The highest BCUT2D eigenvalue weighted by Gasteiger charge is 2.28. The molecule has 1 saturated heterocycles. The summed E-state index contributed by atoms with van der Waals surface area (Å²) in [6.45, 7) is 6.80. The van der Waals surface area contributed by atoms with Crippen LogP contribution in [0.4, 0.5) is 10.5 Å². The van der Waals surface area contributed by atoms with Crippen molar-refractivity contribution in [2.75, 3.05) is 44.1 Å². The van der Waals surface area contributed by atoms with E-state index in [1.165, 1.54) is 45.5 Å². The zero-order valence-corrected chi connectivity index (χ0v) is 22.1. The van der Waals surface area contributed by atoms with E-state index < -0.39 is 27.5 Å². The second-order valence-corrected chi connectivity index (χ2v) is 10.9. The number of aromatic amines is 1. The van der Waals surface area contributed by atoms with Crippen LogP contribution in [0.5, 0.6) is 0 Å². The van der Waals surface area contributed by atoms with Crippen molar-refractivity contribution in [2.45, 2.75) is 25.7 Å². The van der Waals surface area contributed by atoms with Gasteiger partial charge in [-0.1, -0.05) is 12.1 Å². The van der Waals surface area contributed by atoms with Gasteiger partial charge in [0, 0.05) is 50.3 Å². The number of anilines is 1. The summed E-state index contributed by atoms with van der Waals surface area (Å²) in [6, 6.07) is 9.81. The van der Waals surface area contributed by atoms with Crippen LogP contribution in [0.15, 0.2) is 52.3 Å². The normalized spacial score (nSPS) is 14.1. The van der Waals surface area contributed by atoms with Gasteiger partial charge in [0.25, 0.3) is 15.9 Å². The van der Waals surface area contributed by atoms with Gasteiger partial charge in [-0.3, -0.25) is 13.9 Å². The lowest BCUT2D eigenvalue weighted by atomic mass is 10.1. The molecule has 1 aliphatic rings. The van der Waals surface area contributed by atoms with Gasteiger partial charge < -0.3 is 19.5 Å². The number of carbonyl (C=O) groups is 2. The van der Waals surface area contributed by atoms with Crippen molar-refractivity contribution in [1.29, 1.82) is 0 Å². The first-order valence-electron chi connectivity index (χ1n) is 12.0. The Morgan fingerprint density at radius 2 is 1.70 bits per heavy atom. The van der Waals surface area contributed by atoms with Crippen LogP contribution in [-0.2, 0) is 14.8 Å². The van der Waals surface area contributed by atoms with Gasteiger partial charge in [-0.05, 0) is 56.2 Å². The minimum atomic E-state index is -3.98. The van der Waals surface area contributed by atoms with Crippen LogP contribution in [0.25, 0.3) is 10.9 Å². The summed E-state index contributed by atoms with van der Waals surface area (Å²) in [4.78, 5) is 44.3. The van der Waals surface area contributed by atoms with Crippen LogP contribution in [0.1, 0.15) is 28.4 Å². The molecular weight excluding hydrogens is 496 g/mol. The Balaban J connectivity index is 1.63. The molecule has 1 fully saturated rings. The lowest BCUT2D eigenvalue weighted by molar-refractivity contribution is 0.0569. The molecule has 37 heavy (non-hydrogen) atoms. The van der Waals surface area contributed by atoms with Crippen molar-refractivity contribution >= 4 is 38.6 Å². The standard InChI is InChI=1S/C26H30N4O6S/c1-5-36-26(33)30-12-10-29(11-13-30)25(32)21-16-27-22-9-8-19(15-20(22)24(21)31)37(34,35)28(4)23-14-17(2)6-7-18(23)3/h6-9,14-16H,5,10-13H2,1-4H3,(H,27,31). The summed E-state index contributed by atoms with van der Waals surface area (Å²) in [5.41, 5.74) is 2.03. The molecule has 1 aromatic heterocycles. The highest BCUT2D eigenvalue weighted by atomic mass is 32.2. The number of aromatic nitrogens is 1. The van der Waals surface area contributed by atoms with Crippen LogP contribution in [0, 0.1) is 13.8 Å². The molecule has 3 aromatic rings. The lowest BCUT2D eigenvalue weighted by Gasteiger charge is -2.33. The van der Waals surface area contributed by atoms with Gasteiger partial charge in [0.1, 0.15) is 5.56 Å². The zero-order chi connectivity index (χ0) is 26.9. The van der Waals surface area contributed by atoms with Gasteiger partial charge in [0.15, 0.2) is 0 Å². The first-order valence-corrected chi connectivity index (χ1v) is 13.4. The average molecular weight is 527 g/mol. The fourth-order valence-electron chi connectivity index (χ4n) is 4.34. The number of nitrogens with one attached hydrogen (secondary N) is 1. The maximum atomic E-state index is 13.4. The Labute approximate surface area is 215 Å². The predicted octanol–water partition coefficient (Wildman–Crippen LogP) is 2.88. The number of ether oxygens (including phenoxy) is 1. The molecule has 0 atom stereocenters. The predicted molar refractivity (Wildman–Crippen MR) is 141 cm³/mol. The Kier molecular flexibility index (Phi) is 7.26. The first kappa shape index (κ1) is 26.2. The minimum absolute atomic E-state index is 0.0541. The summed E-state index contributed by atoms with van der Waals surface area (Å²) in [7, 11) is -2.50. The Bertz CT molecular complexity index is 1520. The van der Waals surface area contributed by atoms with E-state index in [0.717, 1.165) is 11.1 Å². The molecule has 0 radical (unpaired) electrons. The third kappa shape index (κ3) is 5.04. The van der Waals surface area contributed by atoms with Gasteiger partial charge in [0.2, 0.25) is 5.43 Å². The summed E-state index contributed by atoms with van der Waals surface area (Å²) in [5.74, 6) is -0.479. The summed E-state index contributed by atoms with van der Waals surface area (Å²) < 4.78 is 33.1. The molecule has 2 heterocycles. The van der Waals surface area contributed by atoms with Crippen LogP contribution >= 0.6 is 0 Å². The average Bonchev–Trinajstić information content (AvgIpc) is 2.89. The highest BCUT2D eigenvalue weighted by Crippen LogP contribution is 2.27. The third-order valence-corrected chi connectivity index (χ3v) is 8.31. The van der Waals surface area contributed by atoms with Crippen LogP contribution < -0.4 is 9.73 Å². The number of pyridine rings is 1. The van der Waals surface area contributed by atoms with E-state index in [0.29, 0.717) is 24.3 Å². The summed E-state index contributed by atoms with van der Waals surface area (Å²) in [5, 5.41) is 0.103. The molecule has 10 nitrogen and oxygen atoms in total. The smallest absolute Gasteiger partial charge is 0.409 e. The lowest BCUT2D eigenvalue weighted by Crippen LogP contribution is -2.51. The molecule has 0 bridgehead atoms. The number of amides is 2. The van der Waals surface area contributed by atoms with Gasteiger partial charge in [-0.15, -0.1) is 0 Å². The third-order valence-electron chi connectivity index (χ3n) is 6.54. The molecule has 0 unspecified atom stereocenters. The number of H-pyrrole nitrogens is 1. The number of benzene rings is 2. The summed E-state index contributed by atoms with van der Waals surface area (Å²) in [6.07, 6.45) is 0.916. The molecule has 2 aromatic carbocycles. The number of rotatable bonds is 5. The quantitative estimate of drug-likeness (QED) is 0.546. The zero-order valence-electron chi connectivity index (χ0n) is 21.3. The second kappa shape index (κ2) is 10.3. The Morgan fingerprint density at radius 1 is 1.03 bits per heavy atom. The van der Waals surface area contributed by atoms with Gasteiger partial charge in [-0.25, -0.2) is 13.2 Å². The van der Waals surface area contributed by atoms with Crippen molar-refractivity contribution in [3.63, 3.8) is 0 Å². The van der Waals surface area contributed by atoms with E-state index in [-0.39, 0.29) is 35.5 Å². The summed E-state index contributed by atoms with van der Waals surface area (Å²) >= 11 is 0. The number of piperazine rings is 1. The first-order chi connectivity index (χ1) is 17.5. The van der Waals surface area contributed by atoms with Crippen LogP contribution in [-0.4, -0.2) is 75.0 Å². The number of hydrogen-bond donors (Lipinski definition) is 1. The monoisotopic (exact) mass is 526 g/mol. The van der Waals surface area contributed by atoms with E-state index in [2.05, 4.69) is 4.98 Å². The van der Waals surface area contributed by atoms with E-state index in [4.69, 9.17) is 4.74 Å². The van der Waals surface area contributed by atoms with E-state index in [1.807, 2.05) is 26.0 Å². The van der Waals surface area contributed by atoms with Crippen molar-refractivity contribution in [2.24, 2.45) is 0 Å². The molecule has 4 rings (SSSR count). The highest BCUT2D eigenvalue weighted by molar-refractivity contribution is 7.92. The van der Waals surface area contributed by atoms with Crippen molar-refractivity contribution in [1.82, 2.24) is 14.8 Å². The molecule has 196 valence electrons. The number of sulfonamides is 1. The molecule has 1 aliphatic heterocycles. The fourth-order valence-corrected chi connectivity index (χ4v) is 5.62. The van der Waals surface area contributed by atoms with Crippen LogP contribution in [0.2, 0.25) is 0 Å². The topological polar surface area (TPSA) is 120 Å². The molecule has 11 heteroatoms. The second-order valence-electron chi connectivity index (χ2n) is 8.98. The molecular formula is C26H30N4O6S. The molecule has 2 amide bonds. The fraction of sp³-hybridized carbons (Fsp3) is 0.346. The maximum absolute atomic E-state index is 13.4. The number of hydrogen-bond acceptors (Lipinski definition) is 6. The van der Waals surface area contributed by atoms with Gasteiger partial charge in [0.05, 0.1) is 17.2 Å². The number of fused-ring (bicyclic) bond motifs is 1. The maximum Gasteiger partial charge on any atom is 0.409 e. The van der Waals surface area contributed by atoms with Gasteiger partial charge >= 0.3 is 6.09 Å². The van der Waals surface area contributed by atoms with Crippen molar-refractivity contribution in [3.8, 4) is 0 Å². The van der Waals surface area contributed by atoms with E-state index >= 15 is 0 Å². The Morgan fingerprint density at radius 3 is 2.38 bits per heavy atom. The molecule has 1 N–H and O–H groups in total. The van der Waals surface area contributed by atoms with E-state index in [9.17, 15) is 22.8 Å². The van der Waals surface area contributed by atoms with E-state index in [1.54, 1.807) is 13.0 Å². The largest absolute Gasteiger partial charge is 0.450 e. The SMILES string of the molecule is CCOC(=O)N1CCN(C(=O)c2c[nH]c3ccc(S(=O)(=O)N(C)c4cc(C)ccc4C)cc3c2=O)CC1. The number of aryl methyl sites for hydroxylation is 2. The van der Waals surface area contributed by atoms with Crippen molar-refractivity contribution < 1.29 is 22.7 Å². The van der Waals surface area contributed by atoms with Crippen molar-refractivity contribution in [3.05, 3.63) is 69.5 Å². The van der Waals surface area contributed by atoms with Gasteiger partial charge in [-0.2, -0.15) is 0 Å². The van der Waals surface area contributed by atoms with Crippen LogP contribution in [0.3, 0.4) is 0 Å². The Hall–Kier alpha value is -3.86. The molecule has 0 spiro atoms. The molecule has 0 aliphatic carbocycles. The molecule has 0 saturated carbocycles.